The monoisotopic (exact) mass is 406 g/mol. The van der Waals surface area contributed by atoms with Crippen LogP contribution in [0.5, 0.6) is 5.75 Å². The molecule has 0 aromatic heterocycles. The predicted molar refractivity (Wildman–Crippen MR) is 111 cm³/mol. The quantitative estimate of drug-likeness (QED) is 0.668. The van der Waals surface area contributed by atoms with E-state index in [1.54, 1.807) is 43.1 Å². The molecule has 1 unspecified atom stereocenters. The van der Waals surface area contributed by atoms with Gasteiger partial charge in [0.15, 0.2) is 0 Å². The highest BCUT2D eigenvalue weighted by Crippen LogP contribution is 2.15. The summed E-state index contributed by atoms with van der Waals surface area (Å²) in [4.78, 5) is 25.1. The molecule has 0 aliphatic carbocycles. The molecule has 2 aromatic carbocycles. The van der Waals surface area contributed by atoms with Crippen LogP contribution in [0.15, 0.2) is 48.5 Å². The molecule has 0 bridgehead atoms. The lowest BCUT2D eigenvalue weighted by molar-refractivity contribution is -0.123. The van der Waals surface area contributed by atoms with E-state index < -0.39 is 6.04 Å². The minimum absolute atomic E-state index is 0.222. The third kappa shape index (κ3) is 6.48. The maximum Gasteiger partial charge on any atom is 0.253 e. The molecule has 2 rings (SSSR count). The maximum absolute atomic E-state index is 12.6. The fraction of sp³-hybridized carbons (Fsp3) is 0.300. The molecule has 0 saturated heterocycles. The van der Waals surface area contributed by atoms with Crippen molar-refractivity contribution in [3.63, 3.8) is 0 Å². The van der Waals surface area contributed by atoms with Gasteiger partial charge in [0.1, 0.15) is 11.8 Å². The Morgan fingerprint density at radius 2 is 1.85 bits per heavy atom. The summed E-state index contributed by atoms with van der Waals surface area (Å²) >= 11 is 7.70. The second-order valence-electron chi connectivity index (χ2n) is 5.85. The first-order chi connectivity index (χ1) is 13.0. The summed E-state index contributed by atoms with van der Waals surface area (Å²) in [5.41, 5.74) is 1.31. The molecule has 5 nitrogen and oxygen atoms in total. The van der Waals surface area contributed by atoms with Crippen molar-refractivity contribution in [1.29, 1.82) is 0 Å². The van der Waals surface area contributed by atoms with Crippen molar-refractivity contribution in [3.8, 4) is 5.75 Å². The average Bonchev–Trinajstić information content (AvgIpc) is 2.69. The van der Waals surface area contributed by atoms with Crippen LogP contribution in [0.3, 0.4) is 0 Å². The molecule has 1 atom stereocenters. The van der Waals surface area contributed by atoms with E-state index in [4.69, 9.17) is 16.3 Å². The van der Waals surface area contributed by atoms with E-state index in [0.717, 1.165) is 17.1 Å². The fourth-order valence-electron chi connectivity index (χ4n) is 2.44. The molecule has 0 saturated carbocycles. The van der Waals surface area contributed by atoms with Crippen molar-refractivity contribution in [3.05, 3.63) is 64.7 Å². The SMILES string of the molecule is COc1ccc(CNC(=O)C(CCSC)NC(=O)c2ccccc2Cl)cc1. The normalized spacial score (nSPS) is 11.5. The molecule has 0 fully saturated rings. The lowest BCUT2D eigenvalue weighted by Gasteiger charge is -2.18. The largest absolute Gasteiger partial charge is 0.497 e. The highest BCUT2D eigenvalue weighted by atomic mass is 35.5. The fourth-order valence-corrected chi connectivity index (χ4v) is 3.13. The third-order valence-corrected chi connectivity index (χ3v) is 4.95. The highest BCUT2D eigenvalue weighted by Gasteiger charge is 2.21. The molecule has 2 aromatic rings. The van der Waals surface area contributed by atoms with Gasteiger partial charge in [0.2, 0.25) is 5.91 Å². The maximum atomic E-state index is 12.6. The van der Waals surface area contributed by atoms with Gasteiger partial charge in [0, 0.05) is 6.54 Å². The van der Waals surface area contributed by atoms with Crippen LogP contribution in [0.4, 0.5) is 0 Å². The number of nitrogens with one attached hydrogen (secondary N) is 2. The third-order valence-electron chi connectivity index (χ3n) is 3.98. The lowest BCUT2D eigenvalue weighted by atomic mass is 10.1. The Labute approximate surface area is 168 Å². The number of ether oxygens (including phenoxy) is 1. The second-order valence-corrected chi connectivity index (χ2v) is 7.25. The van der Waals surface area contributed by atoms with Crippen LogP contribution in [0.1, 0.15) is 22.3 Å². The number of hydrogen-bond donors (Lipinski definition) is 2. The molecule has 2 N–H and O–H groups in total. The van der Waals surface area contributed by atoms with Gasteiger partial charge in [-0.1, -0.05) is 35.9 Å². The van der Waals surface area contributed by atoms with Crippen LogP contribution in [0.2, 0.25) is 5.02 Å². The number of rotatable bonds is 9. The van der Waals surface area contributed by atoms with E-state index in [0.29, 0.717) is 23.6 Å². The Kier molecular flexibility index (Phi) is 8.48. The zero-order valence-electron chi connectivity index (χ0n) is 15.3. The first kappa shape index (κ1) is 21.1. The van der Waals surface area contributed by atoms with Gasteiger partial charge in [0.25, 0.3) is 5.91 Å². The summed E-state index contributed by atoms with van der Waals surface area (Å²) in [5, 5.41) is 6.03. The summed E-state index contributed by atoms with van der Waals surface area (Å²) in [6.07, 6.45) is 2.49. The molecule has 2 amide bonds. The van der Waals surface area contributed by atoms with Crippen LogP contribution in [-0.4, -0.2) is 37.0 Å². The Hall–Kier alpha value is -2.18. The Morgan fingerprint density at radius 3 is 2.48 bits per heavy atom. The number of benzene rings is 2. The second kappa shape index (κ2) is 10.8. The summed E-state index contributed by atoms with van der Waals surface area (Å²) in [6.45, 7) is 0.376. The van der Waals surface area contributed by atoms with Crippen molar-refractivity contribution >= 4 is 35.2 Å². The van der Waals surface area contributed by atoms with Crippen molar-refractivity contribution in [1.82, 2.24) is 10.6 Å². The van der Waals surface area contributed by atoms with E-state index in [9.17, 15) is 9.59 Å². The minimum atomic E-state index is -0.625. The molecule has 0 aliphatic heterocycles. The summed E-state index contributed by atoms with van der Waals surface area (Å²) < 4.78 is 5.12. The number of amides is 2. The van der Waals surface area contributed by atoms with Crippen molar-refractivity contribution < 1.29 is 14.3 Å². The zero-order valence-corrected chi connectivity index (χ0v) is 16.9. The molecule has 0 radical (unpaired) electrons. The predicted octanol–water partition coefficient (Wildman–Crippen LogP) is 3.52. The number of carbonyl (C=O) groups is 2. The van der Waals surface area contributed by atoms with E-state index in [2.05, 4.69) is 10.6 Å². The van der Waals surface area contributed by atoms with Gasteiger partial charge >= 0.3 is 0 Å². The molecular formula is C20H23ClN2O3S. The molecule has 0 spiro atoms. The first-order valence-corrected chi connectivity index (χ1v) is 10.3. The minimum Gasteiger partial charge on any atom is -0.497 e. The number of thioether (sulfide) groups is 1. The van der Waals surface area contributed by atoms with Gasteiger partial charge in [-0.15, -0.1) is 0 Å². The van der Waals surface area contributed by atoms with Gasteiger partial charge in [-0.05, 0) is 48.3 Å². The van der Waals surface area contributed by atoms with E-state index in [1.807, 2.05) is 30.5 Å². The average molecular weight is 407 g/mol. The van der Waals surface area contributed by atoms with Gasteiger partial charge < -0.3 is 15.4 Å². The molecule has 7 heteroatoms. The molecule has 27 heavy (non-hydrogen) atoms. The number of methoxy groups -OCH3 is 1. The van der Waals surface area contributed by atoms with Gasteiger partial charge in [-0.25, -0.2) is 0 Å². The summed E-state index contributed by atoms with van der Waals surface area (Å²) in [7, 11) is 1.61. The Morgan fingerprint density at radius 1 is 1.15 bits per heavy atom. The van der Waals surface area contributed by atoms with Crippen LogP contribution in [-0.2, 0) is 11.3 Å². The Bertz CT molecular complexity index is 768. The van der Waals surface area contributed by atoms with Crippen LogP contribution < -0.4 is 15.4 Å². The molecule has 0 aliphatic rings. The lowest BCUT2D eigenvalue weighted by Crippen LogP contribution is -2.47. The van der Waals surface area contributed by atoms with E-state index in [-0.39, 0.29) is 11.8 Å². The van der Waals surface area contributed by atoms with Crippen molar-refractivity contribution in [2.24, 2.45) is 0 Å². The number of hydrogen-bond acceptors (Lipinski definition) is 4. The molecular weight excluding hydrogens is 384 g/mol. The van der Waals surface area contributed by atoms with Crippen molar-refractivity contribution in [2.75, 3.05) is 19.1 Å². The van der Waals surface area contributed by atoms with E-state index in [1.165, 1.54) is 0 Å². The first-order valence-electron chi connectivity index (χ1n) is 8.50. The highest BCUT2D eigenvalue weighted by molar-refractivity contribution is 7.98. The zero-order chi connectivity index (χ0) is 19.6. The number of halogens is 1. The number of carbonyl (C=O) groups excluding carboxylic acids is 2. The van der Waals surface area contributed by atoms with Gasteiger partial charge in [0.05, 0.1) is 17.7 Å². The standard InChI is InChI=1S/C20H23ClN2O3S/c1-26-15-9-7-14(8-10-15)13-22-20(25)18(11-12-27-2)23-19(24)16-5-3-4-6-17(16)21/h3-10,18H,11-13H2,1-2H3,(H,22,25)(H,23,24). The summed E-state index contributed by atoms with van der Waals surface area (Å²) in [6, 6.07) is 13.6. The van der Waals surface area contributed by atoms with Gasteiger partial charge in [-0.2, -0.15) is 11.8 Å². The molecule has 0 heterocycles. The van der Waals surface area contributed by atoms with Crippen LogP contribution >= 0.6 is 23.4 Å². The van der Waals surface area contributed by atoms with Crippen LogP contribution in [0.25, 0.3) is 0 Å². The topological polar surface area (TPSA) is 67.4 Å². The smallest absolute Gasteiger partial charge is 0.253 e. The van der Waals surface area contributed by atoms with E-state index >= 15 is 0 Å². The molecule has 144 valence electrons. The van der Waals surface area contributed by atoms with Crippen molar-refractivity contribution in [2.45, 2.75) is 19.0 Å². The van der Waals surface area contributed by atoms with Crippen LogP contribution in [0, 0.1) is 0 Å². The Balaban J connectivity index is 1.99. The summed E-state index contributed by atoms with van der Waals surface area (Å²) in [5.74, 6) is 0.935. The van der Waals surface area contributed by atoms with Gasteiger partial charge in [-0.3, -0.25) is 9.59 Å².